The number of nitrogens with zero attached hydrogens (tertiary/aromatic N) is 2. The lowest BCUT2D eigenvalue weighted by atomic mass is 10.0. The summed E-state index contributed by atoms with van der Waals surface area (Å²) in [5.74, 6) is -1.37. The van der Waals surface area contributed by atoms with Gasteiger partial charge in [-0.25, -0.2) is 0 Å². The van der Waals surface area contributed by atoms with E-state index in [0.29, 0.717) is 5.75 Å². The number of anilines is 1. The van der Waals surface area contributed by atoms with E-state index in [2.05, 4.69) is 16.9 Å². The number of hydrazine groups is 1. The zero-order valence-electron chi connectivity index (χ0n) is 18.4. The molecule has 1 unspecified atom stereocenters. The third kappa shape index (κ3) is 4.73. The van der Waals surface area contributed by atoms with Gasteiger partial charge < -0.3 is 4.90 Å². The number of rotatable bonds is 7. The highest BCUT2D eigenvalue weighted by Crippen LogP contribution is 2.27. The molecule has 172 valence electrons. The maximum atomic E-state index is 13.0. The number of fused-ring (bicyclic) bond motifs is 2. The third-order valence-electron chi connectivity index (χ3n) is 5.90. The van der Waals surface area contributed by atoms with Crippen molar-refractivity contribution in [1.29, 1.82) is 0 Å². The largest absolute Gasteiger partial charge is 0.362 e. The topological polar surface area (TPSA) is 98.8 Å². The number of imide groups is 1. The number of thioether (sulfide) groups is 1. The third-order valence-corrected chi connectivity index (χ3v) is 6.55. The monoisotopic (exact) mass is 466 g/mol. The van der Waals surface area contributed by atoms with Gasteiger partial charge in [0.25, 0.3) is 23.6 Å². The van der Waals surface area contributed by atoms with Crippen LogP contribution in [0.4, 0.5) is 5.69 Å². The molecule has 0 bridgehead atoms. The minimum absolute atomic E-state index is 0.0970. The highest BCUT2D eigenvalue weighted by Gasteiger charge is 2.42. The van der Waals surface area contributed by atoms with Crippen molar-refractivity contribution >= 4 is 41.1 Å². The number of benzene rings is 2. The van der Waals surface area contributed by atoms with Crippen LogP contribution >= 0.6 is 11.8 Å². The minimum Gasteiger partial charge on any atom is -0.362 e. The summed E-state index contributed by atoms with van der Waals surface area (Å²) in [5.41, 5.74) is 7.68. The molecule has 8 nitrogen and oxygen atoms in total. The summed E-state index contributed by atoms with van der Waals surface area (Å²) in [7, 11) is 0. The van der Waals surface area contributed by atoms with Crippen molar-refractivity contribution in [2.24, 2.45) is 0 Å². The number of amides is 4. The number of nitrogens with one attached hydrogen (secondary N) is 2. The Kier molecular flexibility index (Phi) is 6.98. The van der Waals surface area contributed by atoms with Gasteiger partial charge in [0.05, 0.1) is 17.7 Å². The van der Waals surface area contributed by atoms with Crippen molar-refractivity contribution in [3.05, 3.63) is 65.2 Å². The van der Waals surface area contributed by atoms with Gasteiger partial charge in [-0.05, 0) is 55.0 Å². The Morgan fingerprint density at radius 3 is 2.36 bits per heavy atom. The fourth-order valence-electron chi connectivity index (χ4n) is 4.30. The standard InChI is InChI=1S/C24H26N4O4S/c1-33-14-12-20(28-23(31)17-9-3-4-10-18(17)24(28)32)22(30)26-25-21(29)15-27-13-6-8-16-7-2-5-11-19(16)27/h2-5,7,9-11,20H,6,8,12-15H2,1H3,(H,25,29)(H,26,30). The van der Waals surface area contributed by atoms with Gasteiger partial charge in [-0.2, -0.15) is 11.8 Å². The molecular formula is C24H26N4O4S. The first kappa shape index (κ1) is 22.8. The van der Waals surface area contributed by atoms with Crippen LogP contribution in [0.3, 0.4) is 0 Å². The second kappa shape index (κ2) is 10.1. The van der Waals surface area contributed by atoms with E-state index in [1.54, 1.807) is 24.3 Å². The Bertz CT molecular complexity index is 1050. The molecule has 0 fully saturated rings. The van der Waals surface area contributed by atoms with Crippen LogP contribution < -0.4 is 15.8 Å². The van der Waals surface area contributed by atoms with Crippen LogP contribution in [0, 0.1) is 0 Å². The molecule has 0 spiro atoms. The predicted octanol–water partition coefficient (Wildman–Crippen LogP) is 2.00. The number of carbonyl (C=O) groups excluding carboxylic acids is 4. The predicted molar refractivity (Wildman–Crippen MR) is 127 cm³/mol. The molecule has 1 atom stereocenters. The van der Waals surface area contributed by atoms with Crippen LogP contribution in [-0.2, 0) is 16.0 Å². The summed E-state index contributed by atoms with van der Waals surface area (Å²) in [6.07, 6.45) is 4.10. The number of hydrogen-bond acceptors (Lipinski definition) is 6. The van der Waals surface area contributed by atoms with Crippen molar-refractivity contribution in [1.82, 2.24) is 15.8 Å². The maximum absolute atomic E-state index is 13.0. The summed E-state index contributed by atoms with van der Waals surface area (Å²) < 4.78 is 0. The lowest BCUT2D eigenvalue weighted by molar-refractivity contribution is -0.130. The molecule has 0 radical (unpaired) electrons. The first-order valence-corrected chi connectivity index (χ1v) is 12.3. The van der Waals surface area contributed by atoms with Crippen molar-refractivity contribution in [3.63, 3.8) is 0 Å². The van der Waals surface area contributed by atoms with E-state index >= 15 is 0 Å². The van der Waals surface area contributed by atoms with Crippen LogP contribution in [-0.4, -0.2) is 59.7 Å². The lowest BCUT2D eigenvalue weighted by Gasteiger charge is -2.31. The van der Waals surface area contributed by atoms with Crippen molar-refractivity contribution in [3.8, 4) is 0 Å². The van der Waals surface area contributed by atoms with Gasteiger partial charge in [0.15, 0.2) is 0 Å². The van der Waals surface area contributed by atoms with E-state index < -0.39 is 23.8 Å². The molecule has 2 heterocycles. The van der Waals surface area contributed by atoms with Crippen LogP contribution in [0.1, 0.15) is 39.1 Å². The van der Waals surface area contributed by atoms with Crippen LogP contribution in [0.5, 0.6) is 0 Å². The van der Waals surface area contributed by atoms with Crippen molar-refractivity contribution < 1.29 is 19.2 Å². The van der Waals surface area contributed by atoms with Gasteiger partial charge in [0, 0.05) is 12.2 Å². The first-order chi connectivity index (χ1) is 16.0. The van der Waals surface area contributed by atoms with Gasteiger partial charge in [-0.3, -0.25) is 34.9 Å². The van der Waals surface area contributed by atoms with Crippen molar-refractivity contribution in [2.75, 3.05) is 30.0 Å². The van der Waals surface area contributed by atoms with E-state index in [-0.39, 0.29) is 30.0 Å². The number of hydrogen-bond donors (Lipinski definition) is 2. The SMILES string of the molecule is CSCCC(C(=O)NNC(=O)CN1CCCc2ccccc21)N1C(=O)c2ccccc2C1=O. The van der Waals surface area contributed by atoms with Gasteiger partial charge >= 0.3 is 0 Å². The van der Waals surface area contributed by atoms with Gasteiger partial charge in [0.2, 0.25) is 0 Å². The zero-order valence-corrected chi connectivity index (χ0v) is 19.2. The first-order valence-electron chi connectivity index (χ1n) is 10.9. The molecule has 2 aliphatic rings. The quantitative estimate of drug-likeness (QED) is 0.479. The molecule has 2 aromatic rings. The fraction of sp³-hybridized carbons (Fsp3) is 0.333. The minimum atomic E-state index is -1.01. The molecule has 0 aromatic heterocycles. The normalized spacial score (nSPS) is 15.7. The Morgan fingerprint density at radius 2 is 1.67 bits per heavy atom. The summed E-state index contributed by atoms with van der Waals surface area (Å²) >= 11 is 1.51. The van der Waals surface area contributed by atoms with E-state index in [4.69, 9.17) is 0 Å². The second-order valence-electron chi connectivity index (χ2n) is 8.01. The average molecular weight is 467 g/mol. The number of aryl methyl sites for hydroxylation is 1. The molecule has 0 saturated heterocycles. The Balaban J connectivity index is 1.41. The lowest BCUT2D eigenvalue weighted by Crippen LogP contribution is -2.55. The zero-order chi connectivity index (χ0) is 23.4. The Hall–Kier alpha value is -3.33. The molecule has 2 N–H and O–H groups in total. The summed E-state index contributed by atoms with van der Waals surface area (Å²) in [6.45, 7) is 0.851. The number of para-hydroxylation sites is 1. The highest BCUT2D eigenvalue weighted by atomic mass is 32.2. The van der Waals surface area contributed by atoms with Gasteiger partial charge in [0.1, 0.15) is 6.04 Å². The van der Waals surface area contributed by atoms with Crippen LogP contribution in [0.25, 0.3) is 0 Å². The molecule has 33 heavy (non-hydrogen) atoms. The Labute approximate surface area is 196 Å². The number of carbonyl (C=O) groups is 4. The molecule has 2 aromatic carbocycles. The van der Waals surface area contributed by atoms with Crippen LogP contribution in [0.2, 0.25) is 0 Å². The molecular weight excluding hydrogens is 440 g/mol. The molecule has 4 amide bonds. The van der Waals surface area contributed by atoms with Crippen LogP contribution in [0.15, 0.2) is 48.5 Å². The molecule has 9 heteroatoms. The van der Waals surface area contributed by atoms with E-state index in [1.165, 1.54) is 17.3 Å². The average Bonchev–Trinajstić information content (AvgIpc) is 3.09. The van der Waals surface area contributed by atoms with E-state index in [9.17, 15) is 19.2 Å². The maximum Gasteiger partial charge on any atom is 0.262 e. The molecule has 0 aliphatic carbocycles. The fourth-order valence-corrected chi connectivity index (χ4v) is 4.76. The second-order valence-corrected chi connectivity index (χ2v) is 9.00. The Morgan fingerprint density at radius 1 is 1.00 bits per heavy atom. The van der Waals surface area contributed by atoms with Gasteiger partial charge in [-0.1, -0.05) is 30.3 Å². The smallest absolute Gasteiger partial charge is 0.262 e. The summed E-state index contributed by atoms with van der Waals surface area (Å²) in [6, 6.07) is 13.5. The molecule has 4 rings (SSSR count). The van der Waals surface area contributed by atoms with E-state index in [1.807, 2.05) is 29.4 Å². The van der Waals surface area contributed by atoms with Gasteiger partial charge in [-0.15, -0.1) is 0 Å². The molecule has 0 saturated carbocycles. The molecule has 2 aliphatic heterocycles. The van der Waals surface area contributed by atoms with Crippen molar-refractivity contribution in [2.45, 2.75) is 25.3 Å². The highest BCUT2D eigenvalue weighted by molar-refractivity contribution is 7.98. The summed E-state index contributed by atoms with van der Waals surface area (Å²) in [4.78, 5) is 54.3. The summed E-state index contributed by atoms with van der Waals surface area (Å²) in [5, 5.41) is 0. The van der Waals surface area contributed by atoms with E-state index in [0.717, 1.165) is 30.0 Å².